The van der Waals surface area contributed by atoms with E-state index in [2.05, 4.69) is 17.2 Å². The number of hydrogen-bond donors (Lipinski definition) is 3. The molecule has 21 heavy (non-hydrogen) atoms. The van der Waals surface area contributed by atoms with Gasteiger partial charge in [-0.2, -0.15) is 0 Å². The summed E-state index contributed by atoms with van der Waals surface area (Å²) in [5.74, 6) is 5.49. The largest absolute Gasteiger partial charge is 0.507 e. The summed E-state index contributed by atoms with van der Waals surface area (Å²) in [5.41, 5.74) is 7.21. The minimum Gasteiger partial charge on any atom is -0.507 e. The Morgan fingerprint density at radius 1 is 1.24 bits per heavy atom. The van der Waals surface area contributed by atoms with Crippen LogP contribution < -0.4 is 11.1 Å². The number of hydrogen-bond acceptors (Lipinski definition) is 3. The summed E-state index contributed by atoms with van der Waals surface area (Å²) >= 11 is 2.00. The van der Waals surface area contributed by atoms with Gasteiger partial charge in [0.05, 0.1) is 10.1 Å². The highest BCUT2D eigenvalue weighted by molar-refractivity contribution is 14.1. The maximum Gasteiger partial charge on any atom is 0.255 e. The first-order valence-electron chi connectivity index (χ1n) is 6.19. The molecule has 4 N–H and O–H groups in total. The van der Waals surface area contributed by atoms with Crippen molar-refractivity contribution in [3.05, 3.63) is 57.2 Å². The number of phenolic OH excluding ortho intramolecular Hbond substituents is 1. The molecule has 0 bridgehead atoms. The van der Waals surface area contributed by atoms with E-state index < -0.39 is 0 Å². The predicted octanol–water partition coefficient (Wildman–Crippen LogP) is 2.56. The van der Waals surface area contributed by atoms with Crippen molar-refractivity contribution in [2.75, 3.05) is 11.9 Å². The molecule has 0 saturated carbocycles. The molecule has 0 aliphatic rings. The molecule has 0 unspecified atom stereocenters. The highest BCUT2D eigenvalue weighted by Crippen LogP contribution is 2.21. The van der Waals surface area contributed by atoms with Gasteiger partial charge in [0, 0.05) is 16.8 Å². The van der Waals surface area contributed by atoms with Gasteiger partial charge in [0.1, 0.15) is 5.75 Å². The van der Waals surface area contributed by atoms with E-state index in [1.54, 1.807) is 24.3 Å². The number of phenols is 1. The second kappa shape index (κ2) is 7.11. The average Bonchev–Trinajstić information content (AvgIpc) is 2.49. The molecule has 2 rings (SSSR count). The lowest BCUT2D eigenvalue weighted by Gasteiger charge is -2.06. The lowest BCUT2D eigenvalue weighted by molar-refractivity contribution is 0.102. The van der Waals surface area contributed by atoms with Crippen LogP contribution in [0.4, 0.5) is 5.69 Å². The van der Waals surface area contributed by atoms with Crippen molar-refractivity contribution in [1.29, 1.82) is 0 Å². The van der Waals surface area contributed by atoms with E-state index in [0.29, 0.717) is 21.4 Å². The zero-order chi connectivity index (χ0) is 15.2. The zero-order valence-electron chi connectivity index (χ0n) is 11.1. The Labute approximate surface area is 136 Å². The van der Waals surface area contributed by atoms with E-state index in [0.717, 1.165) is 5.56 Å². The normalized spacial score (nSPS) is 9.62. The zero-order valence-corrected chi connectivity index (χ0v) is 13.2. The van der Waals surface area contributed by atoms with Crippen molar-refractivity contribution in [3.8, 4) is 17.6 Å². The van der Waals surface area contributed by atoms with Gasteiger partial charge in [-0.1, -0.05) is 11.8 Å². The summed E-state index contributed by atoms with van der Waals surface area (Å²) in [5, 5.41) is 12.4. The molecule has 2 aromatic rings. The van der Waals surface area contributed by atoms with E-state index in [-0.39, 0.29) is 11.7 Å². The molecule has 106 valence electrons. The summed E-state index contributed by atoms with van der Waals surface area (Å²) in [6.45, 7) is 0.314. The molecule has 0 saturated heterocycles. The third-order valence-electron chi connectivity index (χ3n) is 2.69. The highest BCUT2D eigenvalue weighted by Gasteiger charge is 2.08. The Kier molecular flexibility index (Phi) is 5.20. The number of nitrogens with one attached hydrogen (secondary N) is 1. The van der Waals surface area contributed by atoms with Gasteiger partial charge in [0.25, 0.3) is 5.91 Å². The van der Waals surface area contributed by atoms with Crippen molar-refractivity contribution >= 4 is 34.2 Å². The molecular formula is C16H13IN2O2. The number of benzene rings is 2. The molecule has 4 nitrogen and oxygen atoms in total. The molecule has 0 fully saturated rings. The Bertz CT molecular complexity index is 715. The minimum atomic E-state index is -0.275. The van der Waals surface area contributed by atoms with E-state index in [4.69, 9.17) is 5.73 Å². The summed E-state index contributed by atoms with van der Waals surface area (Å²) in [4.78, 5) is 12.1. The summed E-state index contributed by atoms with van der Waals surface area (Å²) < 4.78 is 0.701. The van der Waals surface area contributed by atoms with Gasteiger partial charge in [0.15, 0.2) is 0 Å². The number of anilines is 1. The highest BCUT2D eigenvalue weighted by atomic mass is 127. The van der Waals surface area contributed by atoms with Crippen LogP contribution in [-0.2, 0) is 0 Å². The lowest BCUT2D eigenvalue weighted by atomic mass is 10.1. The number of halogens is 1. The van der Waals surface area contributed by atoms with E-state index in [9.17, 15) is 9.90 Å². The number of amides is 1. The van der Waals surface area contributed by atoms with Crippen LogP contribution in [0.1, 0.15) is 15.9 Å². The van der Waals surface area contributed by atoms with Gasteiger partial charge in [0.2, 0.25) is 0 Å². The molecular weight excluding hydrogens is 379 g/mol. The molecule has 0 aliphatic heterocycles. The second-order valence-corrected chi connectivity index (χ2v) is 5.37. The fourth-order valence-electron chi connectivity index (χ4n) is 1.65. The maximum atomic E-state index is 12.1. The van der Waals surface area contributed by atoms with Crippen LogP contribution in [0.3, 0.4) is 0 Å². The van der Waals surface area contributed by atoms with Crippen molar-refractivity contribution < 1.29 is 9.90 Å². The molecule has 2 aromatic carbocycles. The third-order valence-corrected chi connectivity index (χ3v) is 3.60. The van der Waals surface area contributed by atoms with Gasteiger partial charge in [-0.05, 0) is 65.1 Å². The SMILES string of the molecule is NCC#Cc1ccc(NC(=O)c2ccc(I)c(O)c2)cc1. The molecule has 0 aromatic heterocycles. The third kappa shape index (κ3) is 4.21. The van der Waals surface area contributed by atoms with E-state index >= 15 is 0 Å². The van der Waals surface area contributed by atoms with Crippen molar-refractivity contribution in [2.24, 2.45) is 5.73 Å². The summed E-state index contributed by atoms with van der Waals surface area (Å²) in [6.07, 6.45) is 0. The van der Waals surface area contributed by atoms with Crippen LogP contribution in [0.25, 0.3) is 0 Å². The second-order valence-electron chi connectivity index (χ2n) is 4.20. The first kappa shape index (κ1) is 15.4. The Morgan fingerprint density at radius 3 is 2.57 bits per heavy atom. The lowest BCUT2D eigenvalue weighted by Crippen LogP contribution is -2.11. The van der Waals surface area contributed by atoms with Crippen molar-refractivity contribution in [3.63, 3.8) is 0 Å². The monoisotopic (exact) mass is 392 g/mol. The van der Waals surface area contributed by atoms with Crippen LogP contribution in [0.5, 0.6) is 5.75 Å². The van der Waals surface area contributed by atoms with Crippen molar-refractivity contribution in [2.45, 2.75) is 0 Å². The molecule has 0 radical (unpaired) electrons. The van der Waals surface area contributed by atoms with Gasteiger partial charge in [-0.25, -0.2) is 0 Å². The molecule has 0 spiro atoms. The maximum absolute atomic E-state index is 12.1. The van der Waals surface area contributed by atoms with Crippen LogP contribution in [0.2, 0.25) is 0 Å². The quantitative estimate of drug-likeness (QED) is 0.543. The number of carbonyl (C=O) groups is 1. The van der Waals surface area contributed by atoms with Gasteiger partial charge in [-0.15, -0.1) is 0 Å². The van der Waals surface area contributed by atoms with Crippen LogP contribution in [0, 0.1) is 15.4 Å². The Balaban J connectivity index is 2.10. The molecule has 0 atom stereocenters. The molecule has 0 heterocycles. The van der Waals surface area contributed by atoms with E-state index in [1.807, 2.05) is 34.7 Å². The standard InChI is InChI=1S/C16H13IN2O2/c17-14-8-5-12(10-15(14)20)16(21)19-13-6-3-11(4-7-13)2-1-9-18/h3-8,10,20H,9,18H2,(H,19,21). The van der Waals surface area contributed by atoms with Crippen LogP contribution in [-0.4, -0.2) is 17.6 Å². The van der Waals surface area contributed by atoms with Crippen molar-refractivity contribution in [1.82, 2.24) is 0 Å². The minimum absolute atomic E-state index is 0.0932. The number of nitrogens with two attached hydrogens (primary N) is 1. The molecule has 1 amide bonds. The Morgan fingerprint density at radius 2 is 1.95 bits per heavy atom. The molecule has 0 aliphatic carbocycles. The average molecular weight is 392 g/mol. The van der Waals surface area contributed by atoms with Gasteiger partial charge >= 0.3 is 0 Å². The van der Waals surface area contributed by atoms with Crippen LogP contribution in [0.15, 0.2) is 42.5 Å². The summed E-state index contributed by atoms with van der Waals surface area (Å²) in [7, 11) is 0. The van der Waals surface area contributed by atoms with Gasteiger partial charge < -0.3 is 16.2 Å². The topological polar surface area (TPSA) is 75.3 Å². The Hall–Kier alpha value is -2.04. The number of rotatable bonds is 2. The molecule has 5 heteroatoms. The van der Waals surface area contributed by atoms with E-state index in [1.165, 1.54) is 6.07 Å². The number of aromatic hydroxyl groups is 1. The predicted molar refractivity (Wildman–Crippen MR) is 91.2 cm³/mol. The fraction of sp³-hybridized carbons (Fsp3) is 0.0625. The summed E-state index contributed by atoms with van der Waals surface area (Å²) in [6, 6.07) is 12.0. The van der Waals surface area contributed by atoms with Gasteiger partial charge in [-0.3, -0.25) is 4.79 Å². The number of carbonyl (C=O) groups excluding carboxylic acids is 1. The first-order chi connectivity index (χ1) is 10.1. The fourth-order valence-corrected chi connectivity index (χ4v) is 1.98. The first-order valence-corrected chi connectivity index (χ1v) is 7.27. The van der Waals surface area contributed by atoms with Crippen LogP contribution >= 0.6 is 22.6 Å². The smallest absolute Gasteiger partial charge is 0.255 e.